The minimum absolute atomic E-state index is 0.150. The summed E-state index contributed by atoms with van der Waals surface area (Å²) >= 11 is 3.29. The average Bonchev–Trinajstić information content (AvgIpc) is 2.39. The Kier molecular flexibility index (Phi) is 7.57. The Morgan fingerprint density at radius 1 is 1.32 bits per heavy atom. The first-order valence-corrected chi connectivity index (χ1v) is 7.58. The van der Waals surface area contributed by atoms with Gasteiger partial charge in [-0.1, -0.05) is 35.8 Å². The summed E-state index contributed by atoms with van der Waals surface area (Å²) in [7, 11) is 1.70. The van der Waals surface area contributed by atoms with Crippen LogP contribution < -0.4 is 0 Å². The van der Waals surface area contributed by atoms with Crippen LogP contribution in [0.2, 0.25) is 0 Å². The van der Waals surface area contributed by atoms with E-state index in [4.69, 9.17) is 4.74 Å². The molecule has 0 aliphatic rings. The molecule has 1 rings (SSSR count). The summed E-state index contributed by atoms with van der Waals surface area (Å²) in [5.41, 5.74) is 0.742. The molecule has 108 valence electrons. The number of nitrogens with zero attached hydrogens (tertiary/aromatic N) is 1. The van der Waals surface area contributed by atoms with E-state index in [-0.39, 0.29) is 5.82 Å². The number of ether oxygens (including phenoxy) is 1. The van der Waals surface area contributed by atoms with Crippen molar-refractivity contribution in [2.75, 3.05) is 20.3 Å². The number of halogens is 2. The Morgan fingerprint density at radius 3 is 2.53 bits per heavy atom. The van der Waals surface area contributed by atoms with E-state index < -0.39 is 0 Å². The average molecular weight is 332 g/mol. The molecule has 0 N–H and O–H groups in total. The molecule has 4 heteroatoms. The largest absolute Gasteiger partial charge is 0.383 e. The maximum atomic E-state index is 13.9. The highest BCUT2D eigenvalue weighted by Crippen LogP contribution is 2.19. The zero-order valence-electron chi connectivity index (χ0n) is 12.0. The Morgan fingerprint density at radius 2 is 2.00 bits per heavy atom. The van der Waals surface area contributed by atoms with Crippen LogP contribution in [0.4, 0.5) is 4.39 Å². The standard InChI is InChI=1S/C15H23BrFNO/c1-4-14(5-2)18(8-9-19-3)11-12-6-7-13(16)10-15(12)17/h6-7,10,14H,4-5,8-9,11H2,1-3H3. The van der Waals surface area contributed by atoms with Gasteiger partial charge in [0.1, 0.15) is 5.82 Å². The van der Waals surface area contributed by atoms with Gasteiger partial charge >= 0.3 is 0 Å². The highest BCUT2D eigenvalue weighted by molar-refractivity contribution is 9.10. The molecule has 0 aliphatic heterocycles. The van der Waals surface area contributed by atoms with E-state index in [1.54, 1.807) is 7.11 Å². The Balaban J connectivity index is 2.80. The van der Waals surface area contributed by atoms with Crippen molar-refractivity contribution in [3.05, 3.63) is 34.1 Å². The van der Waals surface area contributed by atoms with E-state index in [1.807, 2.05) is 12.1 Å². The fourth-order valence-electron chi connectivity index (χ4n) is 2.27. The van der Waals surface area contributed by atoms with Crippen molar-refractivity contribution in [2.45, 2.75) is 39.3 Å². The molecule has 0 heterocycles. The van der Waals surface area contributed by atoms with Gasteiger partial charge in [0.15, 0.2) is 0 Å². The molecular weight excluding hydrogens is 309 g/mol. The third-order valence-corrected chi connectivity index (χ3v) is 3.92. The van der Waals surface area contributed by atoms with Gasteiger partial charge in [0.05, 0.1) is 6.61 Å². The molecule has 0 bridgehead atoms. The van der Waals surface area contributed by atoms with Gasteiger partial charge in [-0.05, 0) is 25.0 Å². The second-order valence-electron chi connectivity index (χ2n) is 4.67. The summed E-state index contributed by atoms with van der Waals surface area (Å²) in [5, 5.41) is 0. The summed E-state index contributed by atoms with van der Waals surface area (Å²) in [4.78, 5) is 2.30. The van der Waals surface area contributed by atoms with Crippen molar-refractivity contribution >= 4 is 15.9 Å². The number of hydrogen-bond acceptors (Lipinski definition) is 2. The molecule has 0 amide bonds. The fourth-order valence-corrected chi connectivity index (χ4v) is 2.61. The predicted octanol–water partition coefficient (Wildman–Crippen LogP) is 4.23. The minimum atomic E-state index is -0.150. The van der Waals surface area contributed by atoms with Crippen LogP contribution in [0.25, 0.3) is 0 Å². The molecule has 0 saturated heterocycles. The topological polar surface area (TPSA) is 12.5 Å². The highest BCUT2D eigenvalue weighted by Gasteiger charge is 2.16. The Labute approximate surface area is 124 Å². The van der Waals surface area contributed by atoms with Gasteiger partial charge in [-0.25, -0.2) is 4.39 Å². The maximum Gasteiger partial charge on any atom is 0.128 e. The molecule has 1 aromatic carbocycles. The molecule has 0 spiro atoms. The van der Waals surface area contributed by atoms with Crippen LogP contribution >= 0.6 is 15.9 Å². The Hall–Kier alpha value is -0.450. The normalized spacial score (nSPS) is 11.5. The van der Waals surface area contributed by atoms with E-state index in [2.05, 4.69) is 34.7 Å². The fraction of sp³-hybridized carbons (Fsp3) is 0.600. The van der Waals surface area contributed by atoms with Gasteiger partial charge in [0.25, 0.3) is 0 Å². The molecule has 0 atom stereocenters. The number of hydrogen-bond donors (Lipinski definition) is 0. The van der Waals surface area contributed by atoms with Crippen LogP contribution in [0.15, 0.2) is 22.7 Å². The third-order valence-electron chi connectivity index (χ3n) is 3.43. The maximum absolute atomic E-state index is 13.9. The van der Waals surface area contributed by atoms with Gasteiger partial charge in [-0.3, -0.25) is 4.90 Å². The predicted molar refractivity (Wildman–Crippen MR) is 80.8 cm³/mol. The highest BCUT2D eigenvalue weighted by atomic mass is 79.9. The molecule has 0 aromatic heterocycles. The van der Waals surface area contributed by atoms with Gasteiger partial charge in [-0.15, -0.1) is 0 Å². The van der Waals surface area contributed by atoms with Crippen LogP contribution in [-0.2, 0) is 11.3 Å². The van der Waals surface area contributed by atoms with Gasteiger partial charge < -0.3 is 4.74 Å². The van der Waals surface area contributed by atoms with E-state index in [0.29, 0.717) is 19.2 Å². The lowest BCUT2D eigenvalue weighted by Gasteiger charge is -2.30. The second-order valence-corrected chi connectivity index (χ2v) is 5.59. The van der Waals surface area contributed by atoms with E-state index in [1.165, 1.54) is 6.07 Å². The van der Waals surface area contributed by atoms with E-state index in [0.717, 1.165) is 29.4 Å². The molecule has 0 fully saturated rings. The lowest BCUT2D eigenvalue weighted by molar-refractivity contribution is 0.109. The van der Waals surface area contributed by atoms with Crippen LogP contribution in [0, 0.1) is 5.82 Å². The lowest BCUT2D eigenvalue weighted by Crippen LogP contribution is -2.36. The van der Waals surface area contributed by atoms with Gasteiger partial charge in [0.2, 0.25) is 0 Å². The van der Waals surface area contributed by atoms with Crippen LogP contribution in [-0.4, -0.2) is 31.2 Å². The van der Waals surface area contributed by atoms with Crippen molar-refractivity contribution in [2.24, 2.45) is 0 Å². The molecule has 0 unspecified atom stereocenters. The van der Waals surface area contributed by atoms with Crippen molar-refractivity contribution in [1.29, 1.82) is 0 Å². The van der Waals surface area contributed by atoms with Crippen LogP contribution in [0.5, 0.6) is 0 Å². The molecule has 2 nitrogen and oxygen atoms in total. The zero-order chi connectivity index (χ0) is 14.3. The monoisotopic (exact) mass is 331 g/mol. The van der Waals surface area contributed by atoms with E-state index in [9.17, 15) is 4.39 Å². The number of rotatable bonds is 8. The minimum Gasteiger partial charge on any atom is -0.383 e. The number of benzene rings is 1. The van der Waals surface area contributed by atoms with Gasteiger partial charge in [-0.2, -0.15) is 0 Å². The first kappa shape index (κ1) is 16.6. The molecule has 19 heavy (non-hydrogen) atoms. The number of methoxy groups -OCH3 is 1. The van der Waals surface area contributed by atoms with E-state index >= 15 is 0 Å². The molecule has 0 saturated carbocycles. The molecule has 0 radical (unpaired) electrons. The molecular formula is C15H23BrFNO. The summed E-state index contributed by atoms with van der Waals surface area (Å²) in [6, 6.07) is 5.73. The van der Waals surface area contributed by atoms with Crippen molar-refractivity contribution < 1.29 is 9.13 Å². The van der Waals surface area contributed by atoms with Crippen LogP contribution in [0.1, 0.15) is 32.3 Å². The third kappa shape index (κ3) is 5.21. The summed E-state index contributed by atoms with van der Waals surface area (Å²) in [5.74, 6) is -0.150. The first-order chi connectivity index (χ1) is 9.12. The van der Waals surface area contributed by atoms with Crippen molar-refractivity contribution in [3.63, 3.8) is 0 Å². The second kappa shape index (κ2) is 8.67. The van der Waals surface area contributed by atoms with Gasteiger partial charge in [0, 0.05) is 36.3 Å². The van der Waals surface area contributed by atoms with Crippen molar-refractivity contribution in [3.8, 4) is 0 Å². The lowest BCUT2D eigenvalue weighted by atomic mass is 10.1. The summed E-state index contributed by atoms with van der Waals surface area (Å²) < 4.78 is 19.8. The van der Waals surface area contributed by atoms with Crippen molar-refractivity contribution in [1.82, 2.24) is 4.90 Å². The molecule has 0 aliphatic carbocycles. The first-order valence-electron chi connectivity index (χ1n) is 6.79. The summed E-state index contributed by atoms with van der Waals surface area (Å²) in [6.45, 7) is 6.49. The smallest absolute Gasteiger partial charge is 0.128 e. The zero-order valence-corrected chi connectivity index (χ0v) is 13.5. The SMILES string of the molecule is CCC(CC)N(CCOC)Cc1ccc(Br)cc1F. The summed E-state index contributed by atoms with van der Waals surface area (Å²) in [6.07, 6.45) is 2.14. The molecule has 1 aromatic rings. The Bertz CT molecular complexity index is 382. The van der Waals surface area contributed by atoms with Crippen LogP contribution in [0.3, 0.4) is 0 Å². The quantitative estimate of drug-likeness (QED) is 0.706.